The number of benzene rings is 2. The van der Waals surface area contributed by atoms with Crippen molar-refractivity contribution in [3.8, 4) is 11.1 Å². The largest absolute Gasteiger partial charge is 0.465 e. The predicted molar refractivity (Wildman–Crippen MR) is 147 cm³/mol. The second-order valence-electron chi connectivity index (χ2n) is 9.67. The summed E-state index contributed by atoms with van der Waals surface area (Å²) >= 11 is 0. The van der Waals surface area contributed by atoms with E-state index in [4.69, 9.17) is 5.11 Å². The Morgan fingerprint density at radius 2 is 1.92 bits per heavy atom. The molecule has 12 heteroatoms. The lowest BCUT2D eigenvalue weighted by Gasteiger charge is -2.40. The van der Waals surface area contributed by atoms with Crippen molar-refractivity contribution in [1.29, 1.82) is 0 Å². The van der Waals surface area contributed by atoms with Crippen LogP contribution in [0.15, 0.2) is 78.6 Å². The quantitative estimate of drug-likeness (QED) is 0.329. The molecular formula is C27H31N7O4S. The molecule has 0 bridgehead atoms. The van der Waals surface area contributed by atoms with Gasteiger partial charge in [0, 0.05) is 57.9 Å². The molecule has 0 saturated heterocycles. The summed E-state index contributed by atoms with van der Waals surface area (Å²) in [6, 6.07) is 15.9. The average molecular weight is 550 g/mol. The first kappa shape index (κ1) is 26.4. The number of aromatic nitrogens is 4. The van der Waals surface area contributed by atoms with E-state index in [-0.39, 0.29) is 18.1 Å². The Kier molecular flexibility index (Phi) is 7.40. The van der Waals surface area contributed by atoms with Crippen LogP contribution in [0.2, 0.25) is 0 Å². The summed E-state index contributed by atoms with van der Waals surface area (Å²) in [5.41, 5.74) is 5.15. The molecule has 2 aromatic heterocycles. The molecule has 1 aliphatic heterocycles. The molecule has 1 unspecified atom stereocenters. The van der Waals surface area contributed by atoms with Gasteiger partial charge in [0.1, 0.15) is 0 Å². The van der Waals surface area contributed by atoms with Gasteiger partial charge in [-0.15, -0.1) is 0 Å². The monoisotopic (exact) mass is 549 g/mol. The highest BCUT2D eigenvalue weighted by molar-refractivity contribution is 7.89. The number of anilines is 1. The van der Waals surface area contributed by atoms with Gasteiger partial charge in [0.2, 0.25) is 0 Å². The van der Waals surface area contributed by atoms with E-state index in [1.165, 1.54) is 16.8 Å². The van der Waals surface area contributed by atoms with Gasteiger partial charge in [-0.05, 0) is 35.2 Å². The number of imidazole rings is 2. The van der Waals surface area contributed by atoms with E-state index in [2.05, 4.69) is 38.4 Å². The van der Waals surface area contributed by atoms with E-state index in [1.807, 2.05) is 41.9 Å². The zero-order valence-electron chi connectivity index (χ0n) is 21.8. The maximum atomic E-state index is 13.8. The van der Waals surface area contributed by atoms with Crippen molar-refractivity contribution in [1.82, 2.24) is 28.7 Å². The number of nitrogens with one attached hydrogen (secondary N) is 1. The van der Waals surface area contributed by atoms with Gasteiger partial charge in [0.25, 0.3) is 10.0 Å². The van der Waals surface area contributed by atoms with Gasteiger partial charge < -0.3 is 24.5 Å². The van der Waals surface area contributed by atoms with Crippen LogP contribution in [0, 0.1) is 0 Å². The third-order valence-corrected chi connectivity index (χ3v) is 8.79. The lowest BCUT2D eigenvalue weighted by atomic mass is 9.93. The van der Waals surface area contributed by atoms with Crippen LogP contribution in [-0.4, -0.2) is 68.7 Å². The molecule has 5 rings (SSSR count). The fourth-order valence-electron chi connectivity index (χ4n) is 5.03. The van der Waals surface area contributed by atoms with Gasteiger partial charge in [0.15, 0.2) is 5.03 Å². The van der Waals surface area contributed by atoms with Crippen LogP contribution in [0.1, 0.15) is 11.3 Å². The zero-order chi connectivity index (χ0) is 27.6. The van der Waals surface area contributed by atoms with E-state index in [9.17, 15) is 13.2 Å². The number of hydrogen-bond acceptors (Lipinski definition) is 6. The Morgan fingerprint density at radius 1 is 1.13 bits per heavy atom. The molecule has 1 atom stereocenters. The van der Waals surface area contributed by atoms with Crippen LogP contribution in [0.25, 0.3) is 11.1 Å². The molecule has 0 fully saturated rings. The van der Waals surface area contributed by atoms with E-state index in [1.54, 1.807) is 24.1 Å². The smallest absolute Gasteiger partial charge is 0.404 e. The first-order valence-electron chi connectivity index (χ1n) is 12.6. The molecule has 0 aliphatic carbocycles. The zero-order valence-corrected chi connectivity index (χ0v) is 22.6. The summed E-state index contributed by atoms with van der Waals surface area (Å²) in [4.78, 5) is 21.7. The van der Waals surface area contributed by atoms with Crippen LogP contribution in [-0.2, 0) is 37.1 Å². The minimum atomic E-state index is -4.01. The number of amides is 1. The minimum absolute atomic E-state index is 0.0247. The summed E-state index contributed by atoms with van der Waals surface area (Å²) in [6.45, 7) is 0.886. The van der Waals surface area contributed by atoms with Crippen LogP contribution in [0.5, 0.6) is 0 Å². The molecule has 2 aromatic carbocycles. The summed E-state index contributed by atoms with van der Waals surface area (Å²) in [6.07, 6.45) is 5.72. The standard InChI is InChI=1S/C27H31N7O4S/c1-31-17-26(30-19-31)39(37,38)34(11-10-29-27(35)36)23-13-22-12-21(20-6-4-3-5-7-20)8-9-25(22)33(15-23)16-24-14-28-18-32(24)2/h3-9,12,14,17-19,23,29H,10-11,13,15-16H2,1-2H3,(H,35,36). The Hall–Kier alpha value is -4.16. The van der Waals surface area contributed by atoms with E-state index in [0.717, 1.165) is 28.1 Å². The SMILES string of the molecule is Cn1cnc(S(=O)(=O)N(CCNC(=O)O)C2Cc3cc(-c4ccccc4)ccc3N(Cc3cncn3C)C2)c1. The van der Waals surface area contributed by atoms with Crippen molar-refractivity contribution < 1.29 is 18.3 Å². The molecule has 3 heterocycles. The molecule has 0 saturated carbocycles. The molecule has 0 spiro atoms. The van der Waals surface area contributed by atoms with E-state index < -0.39 is 22.2 Å². The normalized spacial score (nSPS) is 15.4. The minimum Gasteiger partial charge on any atom is -0.465 e. The third-order valence-electron chi connectivity index (χ3n) is 6.95. The maximum Gasteiger partial charge on any atom is 0.404 e. The Labute approximate surface area is 227 Å². The molecule has 1 aliphatic rings. The number of nitrogens with zero attached hydrogens (tertiary/aromatic N) is 6. The first-order valence-corrected chi connectivity index (χ1v) is 14.0. The molecule has 4 aromatic rings. The van der Waals surface area contributed by atoms with Gasteiger partial charge in [-0.3, -0.25) is 0 Å². The number of fused-ring (bicyclic) bond motifs is 1. The number of aryl methyl sites for hydroxylation is 2. The Morgan fingerprint density at radius 3 is 2.59 bits per heavy atom. The lowest BCUT2D eigenvalue weighted by Crippen LogP contribution is -2.52. The number of rotatable bonds is 9. The van der Waals surface area contributed by atoms with Gasteiger partial charge in [0.05, 0.1) is 24.9 Å². The predicted octanol–water partition coefficient (Wildman–Crippen LogP) is 2.71. The highest BCUT2D eigenvalue weighted by Crippen LogP contribution is 2.35. The molecular weight excluding hydrogens is 518 g/mol. The summed E-state index contributed by atoms with van der Waals surface area (Å²) in [5.74, 6) is 0. The van der Waals surface area contributed by atoms with Crippen LogP contribution < -0.4 is 10.2 Å². The van der Waals surface area contributed by atoms with Crippen molar-refractivity contribution in [3.05, 3.63) is 84.8 Å². The summed E-state index contributed by atoms with van der Waals surface area (Å²) < 4.78 is 32.6. The van der Waals surface area contributed by atoms with Gasteiger partial charge >= 0.3 is 6.09 Å². The highest BCUT2D eigenvalue weighted by Gasteiger charge is 2.37. The van der Waals surface area contributed by atoms with Crippen molar-refractivity contribution in [2.45, 2.75) is 24.0 Å². The summed E-state index contributed by atoms with van der Waals surface area (Å²) in [7, 11) is -0.375. The number of carbonyl (C=O) groups is 1. The van der Waals surface area contributed by atoms with Crippen molar-refractivity contribution in [3.63, 3.8) is 0 Å². The average Bonchev–Trinajstić information content (AvgIpc) is 3.54. The fourth-order valence-corrected chi connectivity index (χ4v) is 6.61. The topological polar surface area (TPSA) is 126 Å². The molecule has 1 amide bonds. The van der Waals surface area contributed by atoms with Crippen molar-refractivity contribution in [2.75, 3.05) is 24.5 Å². The number of carboxylic acid groups (broad SMARTS) is 1. The lowest BCUT2D eigenvalue weighted by molar-refractivity contribution is 0.192. The third kappa shape index (κ3) is 5.66. The second kappa shape index (κ2) is 10.9. The number of sulfonamides is 1. The molecule has 11 nitrogen and oxygen atoms in total. The highest BCUT2D eigenvalue weighted by atomic mass is 32.2. The van der Waals surface area contributed by atoms with Gasteiger partial charge in [-0.2, -0.15) is 4.31 Å². The first-order chi connectivity index (χ1) is 18.7. The van der Waals surface area contributed by atoms with Crippen molar-refractivity contribution in [2.24, 2.45) is 14.1 Å². The second-order valence-corrected chi connectivity index (χ2v) is 11.5. The Balaban J connectivity index is 1.55. The fraction of sp³-hybridized carbons (Fsp3) is 0.296. The molecule has 2 N–H and O–H groups in total. The van der Waals surface area contributed by atoms with E-state index in [0.29, 0.717) is 19.5 Å². The van der Waals surface area contributed by atoms with Crippen LogP contribution in [0.3, 0.4) is 0 Å². The van der Waals surface area contributed by atoms with E-state index >= 15 is 0 Å². The molecule has 0 radical (unpaired) electrons. The number of hydrogen-bond donors (Lipinski definition) is 2. The maximum absolute atomic E-state index is 13.8. The molecule has 39 heavy (non-hydrogen) atoms. The van der Waals surface area contributed by atoms with Crippen LogP contribution >= 0.6 is 0 Å². The van der Waals surface area contributed by atoms with Crippen LogP contribution in [0.4, 0.5) is 10.5 Å². The van der Waals surface area contributed by atoms with Crippen molar-refractivity contribution >= 4 is 21.8 Å². The molecule has 204 valence electrons. The van der Waals surface area contributed by atoms with Gasteiger partial charge in [-0.1, -0.05) is 36.4 Å². The summed E-state index contributed by atoms with van der Waals surface area (Å²) in [5, 5.41) is 11.4. The Bertz CT molecular complexity index is 1570. The van der Waals surface area contributed by atoms with Gasteiger partial charge in [-0.25, -0.2) is 23.2 Å².